The second kappa shape index (κ2) is 13.7. The molecule has 0 aromatic heterocycles. The van der Waals surface area contributed by atoms with E-state index in [0.717, 1.165) is 31.2 Å². The van der Waals surface area contributed by atoms with Gasteiger partial charge in [0.2, 0.25) is 11.8 Å². The molecule has 1 aliphatic rings. The van der Waals surface area contributed by atoms with Crippen molar-refractivity contribution < 1.29 is 20.1 Å². The van der Waals surface area contributed by atoms with E-state index < -0.39 is 12.1 Å². The number of nitrogens with zero attached hydrogens (tertiary/aromatic N) is 2. The lowest BCUT2D eigenvalue weighted by atomic mass is 9.93. The number of nitrogens with one attached hydrogen (secondary N) is 1. The molecule has 4 N–H and O–H groups in total. The summed E-state index contributed by atoms with van der Waals surface area (Å²) in [4.78, 5) is 43.3. The van der Waals surface area contributed by atoms with Crippen molar-refractivity contribution in [3.05, 3.63) is 83.9 Å². The van der Waals surface area contributed by atoms with Crippen molar-refractivity contribution in [1.82, 2.24) is 15.1 Å². The Kier molecular flexibility index (Phi) is 10.1. The highest BCUT2D eigenvalue weighted by atomic mass is 16.2. The first-order valence-electron chi connectivity index (χ1n) is 14.4. The van der Waals surface area contributed by atoms with Crippen molar-refractivity contribution in [2.24, 2.45) is 5.92 Å². The van der Waals surface area contributed by atoms with Gasteiger partial charge < -0.3 is 15.1 Å². The number of piperidine rings is 1. The van der Waals surface area contributed by atoms with E-state index in [2.05, 4.69) is 48.3 Å². The number of carbonyl (C=O) groups excluding carboxylic acids is 3. The number of benzene rings is 3. The number of amides is 3. The minimum atomic E-state index is -0.696. The van der Waals surface area contributed by atoms with Gasteiger partial charge in [-0.25, -0.2) is 4.79 Å². The zero-order chi connectivity index (χ0) is 28.6. The van der Waals surface area contributed by atoms with E-state index in [1.165, 1.54) is 21.2 Å². The molecule has 2 unspecified atom stereocenters. The molecule has 3 amide bonds. The van der Waals surface area contributed by atoms with Gasteiger partial charge in [0.25, 0.3) is 0 Å². The largest absolute Gasteiger partial charge is 0.333 e. The third kappa shape index (κ3) is 7.34. The fraction of sp³-hybridized carbons (Fsp3) is 0.424. The summed E-state index contributed by atoms with van der Waals surface area (Å²) in [7, 11) is 3.41. The number of quaternary nitrogens is 1. The van der Waals surface area contributed by atoms with Gasteiger partial charge in [-0.15, -0.1) is 0 Å². The Morgan fingerprint density at radius 1 is 0.875 bits per heavy atom. The van der Waals surface area contributed by atoms with E-state index in [9.17, 15) is 14.4 Å². The summed E-state index contributed by atoms with van der Waals surface area (Å²) in [5.74, 6) is -0.701. The Morgan fingerprint density at radius 3 is 2.25 bits per heavy atom. The summed E-state index contributed by atoms with van der Waals surface area (Å²) >= 11 is 0. The van der Waals surface area contributed by atoms with E-state index >= 15 is 0 Å². The number of likely N-dealkylation sites (N-methyl/N-ethyl adjacent to an activating group) is 2. The molecule has 3 aromatic rings. The van der Waals surface area contributed by atoms with Crippen LogP contribution in [0, 0.1) is 5.92 Å². The van der Waals surface area contributed by atoms with Crippen LogP contribution < -0.4 is 11.1 Å². The average molecular weight is 544 g/mol. The lowest BCUT2D eigenvalue weighted by molar-refractivity contribution is -0.311. The van der Waals surface area contributed by atoms with Crippen LogP contribution in [0.1, 0.15) is 43.7 Å². The van der Waals surface area contributed by atoms with Crippen LogP contribution >= 0.6 is 0 Å². The van der Waals surface area contributed by atoms with E-state index in [0.29, 0.717) is 25.4 Å². The van der Waals surface area contributed by atoms with E-state index in [4.69, 9.17) is 0 Å². The molecule has 1 heterocycles. The maximum Gasteiger partial charge on any atom is 0.331 e. The Morgan fingerprint density at radius 2 is 1.57 bits per heavy atom. The van der Waals surface area contributed by atoms with Crippen LogP contribution in [-0.4, -0.2) is 66.3 Å². The zero-order valence-corrected chi connectivity index (χ0v) is 24.0. The smallest absolute Gasteiger partial charge is 0.331 e. The Labute approximate surface area is 237 Å². The third-order valence-corrected chi connectivity index (χ3v) is 8.33. The number of hydrogen-bond donors (Lipinski definition) is 2. The summed E-state index contributed by atoms with van der Waals surface area (Å²) in [5.41, 5.74) is 5.83. The number of carbonyl (C=O) groups is 3. The maximum absolute atomic E-state index is 14.0. The molecule has 212 valence electrons. The number of aryl methyl sites for hydroxylation is 1. The van der Waals surface area contributed by atoms with Crippen LogP contribution in [0.3, 0.4) is 0 Å². The highest BCUT2D eigenvalue weighted by Crippen LogP contribution is 2.22. The summed E-state index contributed by atoms with van der Waals surface area (Å²) in [6.45, 7) is 2.74. The van der Waals surface area contributed by atoms with Crippen LogP contribution in [-0.2, 0) is 27.2 Å². The predicted molar refractivity (Wildman–Crippen MR) is 158 cm³/mol. The maximum atomic E-state index is 14.0. The van der Waals surface area contributed by atoms with Crippen LogP contribution in [0.4, 0.5) is 0 Å². The van der Waals surface area contributed by atoms with Crippen LogP contribution in [0.5, 0.6) is 0 Å². The molecule has 0 aliphatic carbocycles. The molecule has 1 aliphatic heterocycles. The number of hydrogen-bond acceptors (Lipinski definition) is 4. The van der Waals surface area contributed by atoms with Gasteiger partial charge in [0, 0.05) is 33.1 Å². The highest BCUT2D eigenvalue weighted by Gasteiger charge is 2.37. The monoisotopic (exact) mass is 543 g/mol. The minimum Gasteiger partial charge on any atom is -0.333 e. The molecule has 1 saturated heterocycles. The van der Waals surface area contributed by atoms with Crippen molar-refractivity contribution in [3.63, 3.8) is 0 Å². The van der Waals surface area contributed by atoms with Gasteiger partial charge in [-0.1, -0.05) is 72.8 Å². The van der Waals surface area contributed by atoms with E-state index in [1.54, 1.807) is 19.0 Å². The van der Waals surface area contributed by atoms with Crippen molar-refractivity contribution in [2.75, 3.05) is 20.6 Å². The molecule has 7 nitrogen and oxygen atoms in total. The van der Waals surface area contributed by atoms with Crippen molar-refractivity contribution >= 4 is 28.5 Å². The highest BCUT2D eigenvalue weighted by molar-refractivity contribution is 5.90. The zero-order valence-electron chi connectivity index (χ0n) is 24.0. The molecule has 40 heavy (non-hydrogen) atoms. The lowest BCUT2D eigenvalue weighted by Crippen LogP contribution is -2.68. The first-order valence-corrected chi connectivity index (χ1v) is 14.4. The second-order valence-electron chi connectivity index (χ2n) is 11.2. The molecule has 4 atom stereocenters. The van der Waals surface area contributed by atoms with Crippen LogP contribution in [0.15, 0.2) is 72.8 Å². The molecule has 0 bridgehead atoms. The Hall–Kier alpha value is -3.55. The molecule has 0 spiro atoms. The Bertz CT molecular complexity index is 1300. The van der Waals surface area contributed by atoms with E-state index in [1.807, 2.05) is 42.5 Å². The van der Waals surface area contributed by atoms with Gasteiger partial charge >= 0.3 is 5.91 Å². The molecular formula is C33H43N4O3+. The third-order valence-electron chi connectivity index (χ3n) is 8.33. The summed E-state index contributed by atoms with van der Waals surface area (Å²) in [6, 6.07) is 23.4. The van der Waals surface area contributed by atoms with E-state index in [-0.39, 0.29) is 23.6 Å². The lowest BCUT2D eigenvalue weighted by Gasteiger charge is -2.36. The molecule has 0 radical (unpaired) electrons. The second-order valence-corrected chi connectivity index (χ2v) is 11.2. The quantitative estimate of drug-likeness (QED) is 0.388. The van der Waals surface area contributed by atoms with Gasteiger partial charge in [-0.2, -0.15) is 0 Å². The van der Waals surface area contributed by atoms with Gasteiger partial charge in [0.1, 0.15) is 6.04 Å². The average Bonchev–Trinajstić information content (AvgIpc) is 2.97. The summed E-state index contributed by atoms with van der Waals surface area (Å²) in [6.07, 6.45) is 4.17. The minimum absolute atomic E-state index is 0.0163. The molecule has 3 aromatic carbocycles. The first-order chi connectivity index (χ1) is 19.2. The first kappa shape index (κ1) is 29.4. The van der Waals surface area contributed by atoms with Gasteiger partial charge in [0.05, 0.1) is 5.92 Å². The topological polar surface area (TPSA) is 97.4 Å². The van der Waals surface area contributed by atoms with Crippen molar-refractivity contribution in [1.29, 1.82) is 0 Å². The predicted octanol–water partition coefficient (Wildman–Crippen LogP) is 3.22. The van der Waals surface area contributed by atoms with Crippen molar-refractivity contribution in [3.8, 4) is 0 Å². The molecule has 7 heteroatoms. The molecule has 4 rings (SSSR count). The van der Waals surface area contributed by atoms with Crippen LogP contribution in [0.25, 0.3) is 10.8 Å². The van der Waals surface area contributed by atoms with Gasteiger partial charge in [-0.05, 0) is 60.9 Å². The fourth-order valence-corrected chi connectivity index (χ4v) is 5.72. The van der Waals surface area contributed by atoms with Gasteiger partial charge in [-0.3, -0.25) is 15.3 Å². The Balaban J connectivity index is 1.51. The molecule has 1 fully saturated rings. The fourth-order valence-electron chi connectivity index (χ4n) is 5.72. The van der Waals surface area contributed by atoms with Crippen molar-refractivity contribution in [2.45, 2.75) is 63.6 Å². The number of fused-ring (bicyclic) bond motifs is 1. The molecular weight excluding hydrogens is 500 g/mol. The van der Waals surface area contributed by atoms with Crippen LogP contribution in [0.2, 0.25) is 0 Å². The molecule has 0 saturated carbocycles. The normalized spacial score (nSPS) is 18.6. The van der Waals surface area contributed by atoms with Gasteiger partial charge in [0.15, 0.2) is 6.04 Å². The standard InChI is InChI=1S/C33H42N4O3/c1-23-16-18-28(22-35-23)32(39)36(2)29(15-9-12-25-17-19-26-13-7-8-14-27(26)20-25)33(40)37(3)30(31(34)38)21-24-10-5-4-6-11-24/h4-8,10-11,13-14,17,19-20,23,28-30,35H,9,12,15-16,18,21-22H2,1-3H3,(H2,34,38)/p+1/t23?,28?,29-,30-/m1/s1. The number of rotatable bonds is 11. The summed E-state index contributed by atoms with van der Waals surface area (Å²) < 4.78 is 0. The summed E-state index contributed by atoms with van der Waals surface area (Å²) in [5, 5.41) is 5.79. The SMILES string of the molecule is CC1CCC(C(=O)N(C)[C@H](CCCc2ccc3ccccc3c2)C(=O)N(C)[C@H](Cc2ccccc2)C([NH3+])=O)CN1.